The topological polar surface area (TPSA) is 56.8 Å². The van der Waals surface area contributed by atoms with Gasteiger partial charge in [-0.25, -0.2) is 4.99 Å². The molecule has 2 rings (SSSR count). The Morgan fingerprint density at radius 3 is 2.65 bits per heavy atom. The minimum atomic E-state index is -0.177. The summed E-state index contributed by atoms with van der Waals surface area (Å²) in [7, 11) is 1.67. The van der Waals surface area contributed by atoms with E-state index in [9.17, 15) is 0 Å². The van der Waals surface area contributed by atoms with Crippen LogP contribution in [0, 0.1) is 0 Å². The van der Waals surface area contributed by atoms with Crippen molar-refractivity contribution in [1.82, 2.24) is 0 Å². The van der Waals surface area contributed by atoms with Crippen LogP contribution in [0.1, 0.15) is 18.9 Å². The van der Waals surface area contributed by atoms with E-state index in [-0.39, 0.29) is 5.54 Å². The Labute approximate surface area is 101 Å². The summed E-state index contributed by atoms with van der Waals surface area (Å²) in [5.41, 5.74) is 6.62. The van der Waals surface area contributed by atoms with Crippen LogP contribution in [0.15, 0.2) is 29.3 Å². The van der Waals surface area contributed by atoms with Crippen molar-refractivity contribution in [3.63, 3.8) is 0 Å². The van der Waals surface area contributed by atoms with Gasteiger partial charge in [0.1, 0.15) is 12.4 Å². The lowest BCUT2D eigenvalue weighted by molar-refractivity contribution is 0.255. The maximum Gasteiger partial charge on any atom is 0.282 e. The minimum Gasteiger partial charge on any atom is -0.497 e. The Balaban J connectivity index is 1.93. The number of ether oxygens (including phenoxy) is 2. The maximum absolute atomic E-state index is 5.53. The second kappa shape index (κ2) is 4.65. The zero-order valence-corrected chi connectivity index (χ0v) is 10.3. The molecule has 1 aliphatic heterocycles. The Hall–Kier alpha value is -1.71. The van der Waals surface area contributed by atoms with Gasteiger partial charge in [-0.2, -0.15) is 0 Å². The van der Waals surface area contributed by atoms with E-state index < -0.39 is 0 Å². The highest BCUT2D eigenvalue weighted by molar-refractivity contribution is 5.73. The third-order valence-corrected chi connectivity index (χ3v) is 3.02. The molecule has 1 atom stereocenters. The van der Waals surface area contributed by atoms with Gasteiger partial charge >= 0.3 is 0 Å². The second-order valence-corrected chi connectivity index (χ2v) is 4.58. The van der Waals surface area contributed by atoms with Gasteiger partial charge in [0.15, 0.2) is 0 Å². The summed E-state index contributed by atoms with van der Waals surface area (Å²) in [6.07, 6.45) is 1.89. The molecule has 0 spiro atoms. The Bertz CT molecular complexity index is 414. The zero-order valence-electron chi connectivity index (χ0n) is 10.3. The van der Waals surface area contributed by atoms with E-state index in [0.29, 0.717) is 12.6 Å². The average Bonchev–Trinajstić information content (AvgIpc) is 2.68. The average molecular weight is 234 g/mol. The van der Waals surface area contributed by atoms with Crippen LogP contribution in [0.25, 0.3) is 0 Å². The van der Waals surface area contributed by atoms with Crippen LogP contribution in [-0.4, -0.2) is 25.3 Å². The van der Waals surface area contributed by atoms with E-state index in [1.54, 1.807) is 7.11 Å². The Morgan fingerprint density at radius 1 is 1.41 bits per heavy atom. The largest absolute Gasteiger partial charge is 0.497 e. The highest BCUT2D eigenvalue weighted by atomic mass is 16.5. The number of aliphatic imine (C=N–C) groups is 1. The molecule has 0 aliphatic carbocycles. The molecule has 0 saturated heterocycles. The third kappa shape index (κ3) is 2.90. The lowest BCUT2D eigenvalue weighted by Crippen LogP contribution is -2.24. The van der Waals surface area contributed by atoms with E-state index >= 15 is 0 Å². The number of aryl methyl sites for hydroxylation is 1. The molecule has 1 unspecified atom stereocenters. The zero-order chi connectivity index (χ0) is 12.3. The summed E-state index contributed by atoms with van der Waals surface area (Å²) in [6, 6.07) is 8.40. The van der Waals surface area contributed by atoms with Crippen molar-refractivity contribution in [2.24, 2.45) is 10.7 Å². The molecule has 4 nitrogen and oxygen atoms in total. The van der Waals surface area contributed by atoms with E-state index in [1.807, 2.05) is 12.1 Å². The molecular formula is C13H18N2O2. The number of amidine groups is 1. The lowest BCUT2D eigenvalue weighted by Gasteiger charge is -2.17. The summed E-state index contributed by atoms with van der Waals surface area (Å²) in [5, 5.41) is 0. The lowest BCUT2D eigenvalue weighted by atomic mass is 9.95. The van der Waals surface area contributed by atoms with Crippen LogP contribution in [0.5, 0.6) is 5.75 Å². The summed E-state index contributed by atoms with van der Waals surface area (Å²) in [5.74, 6) is 0.881. The molecule has 4 heteroatoms. The fourth-order valence-corrected chi connectivity index (χ4v) is 1.89. The van der Waals surface area contributed by atoms with Gasteiger partial charge < -0.3 is 15.2 Å². The van der Waals surface area contributed by atoms with Gasteiger partial charge in [0.05, 0.1) is 12.6 Å². The molecule has 0 radical (unpaired) electrons. The quantitative estimate of drug-likeness (QED) is 0.863. The molecular weight excluding hydrogens is 216 g/mol. The molecule has 0 bridgehead atoms. The number of nitrogens with two attached hydrogens (primary N) is 1. The predicted molar refractivity (Wildman–Crippen MR) is 67.3 cm³/mol. The predicted octanol–water partition coefficient (Wildman–Crippen LogP) is 1.73. The van der Waals surface area contributed by atoms with Gasteiger partial charge in [-0.1, -0.05) is 12.1 Å². The van der Waals surface area contributed by atoms with Gasteiger partial charge in [-0.05, 0) is 37.5 Å². The van der Waals surface area contributed by atoms with E-state index in [0.717, 1.165) is 18.6 Å². The van der Waals surface area contributed by atoms with Gasteiger partial charge in [0, 0.05) is 0 Å². The van der Waals surface area contributed by atoms with Crippen LogP contribution in [0.3, 0.4) is 0 Å². The first kappa shape index (κ1) is 11.8. The first-order valence-corrected chi connectivity index (χ1v) is 5.72. The molecule has 0 fully saturated rings. The molecule has 17 heavy (non-hydrogen) atoms. The van der Waals surface area contributed by atoms with Crippen LogP contribution >= 0.6 is 0 Å². The van der Waals surface area contributed by atoms with Crippen molar-refractivity contribution in [2.75, 3.05) is 13.7 Å². The normalized spacial score (nSPS) is 23.1. The Morgan fingerprint density at radius 2 is 2.12 bits per heavy atom. The SMILES string of the molecule is COc1ccc(CCC2(C)COC(N)=N2)cc1. The summed E-state index contributed by atoms with van der Waals surface area (Å²) in [4.78, 5) is 4.32. The third-order valence-electron chi connectivity index (χ3n) is 3.02. The van der Waals surface area contributed by atoms with Gasteiger partial charge in [0.2, 0.25) is 0 Å². The van der Waals surface area contributed by atoms with Gasteiger partial charge in [-0.3, -0.25) is 0 Å². The first-order chi connectivity index (χ1) is 8.11. The van der Waals surface area contributed by atoms with Gasteiger partial charge in [0.25, 0.3) is 6.02 Å². The van der Waals surface area contributed by atoms with Crippen molar-refractivity contribution in [1.29, 1.82) is 0 Å². The van der Waals surface area contributed by atoms with Crippen LogP contribution in [0.4, 0.5) is 0 Å². The van der Waals surface area contributed by atoms with Crippen molar-refractivity contribution in [2.45, 2.75) is 25.3 Å². The number of rotatable bonds is 4. The fraction of sp³-hybridized carbons (Fsp3) is 0.462. The molecule has 0 amide bonds. The molecule has 1 aromatic carbocycles. The van der Waals surface area contributed by atoms with E-state index in [1.165, 1.54) is 5.56 Å². The Kier molecular flexibility index (Phi) is 3.22. The molecule has 0 aromatic heterocycles. The van der Waals surface area contributed by atoms with Crippen molar-refractivity contribution < 1.29 is 9.47 Å². The molecule has 0 saturated carbocycles. The number of methoxy groups -OCH3 is 1. The summed E-state index contributed by atoms with van der Waals surface area (Å²) in [6.45, 7) is 2.64. The van der Waals surface area contributed by atoms with Crippen LogP contribution in [0.2, 0.25) is 0 Å². The fourth-order valence-electron chi connectivity index (χ4n) is 1.89. The molecule has 1 heterocycles. The molecule has 92 valence electrons. The highest BCUT2D eigenvalue weighted by Gasteiger charge is 2.30. The minimum absolute atomic E-state index is 0.177. The van der Waals surface area contributed by atoms with Crippen molar-refractivity contribution in [3.8, 4) is 5.75 Å². The van der Waals surface area contributed by atoms with E-state index in [4.69, 9.17) is 15.2 Å². The summed E-state index contributed by atoms with van der Waals surface area (Å²) < 4.78 is 10.3. The number of hydrogen-bond donors (Lipinski definition) is 1. The van der Waals surface area contributed by atoms with E-state index in [2.05, 4.69) is 24.0 Å². The standard InChI is InChI=1S/C13H18N2O2/c1-13(9-17-12(14)15-13)8-7-10-3-5-11(16-2)6-4-10/h3-6H,7-9H2,1-2H3,(H2,14,15). The second-order valence-electron chi connectivity index (χ2n) is 4.58. The summed E-state index contributed by atoms with van der Waals surface area (Å²) >= 11 is 0. The maximum atomic E-state index is 5.53. The monoisotopic (exact) mass is 234 g/mol. The van der Waals surface area contributed by atoms with Crippen LogP contribution < -0.4 is 10.5 Å². The smallest absolute Gasteiger partial charge is 0.282 e. The number of nitrogens with zero attached hydrogens (tertiary/aromatic N) is 1. The molecule has 1 aliphatic rings. The van der Waals surface area contributed by atoms with Crippen LogP contribution in [-0.2, 0) is 11.2 Å². The molecule has 2 N–H and O–H groups in total. The van der Waals surface area contributed by atoms with Gasteiger partial charge in [-0.15, -0.1) is 0 Å². The number of benzene rings is 1. The molecule has 1 aromatic rings. The van der Waals surface area contributed by atoms with Crippen molar-refractivity contribution >= 4 is 6.02 Å². The first-order valence-electron chi connectivity index (χ1n) is 5.72. The van der Waals surface area contributed by atoms with Crippen molar-refractivity contribution in [3.05, 3.63) is 29.8 Å². The highest BCUT2D eigenvalue weighted by Crippen LogP contribution is 2.23. The number of hydrogen-bond acceptors (Lipinski definition) is 4.